The maximum absolute atomic E-state index is 13.6. The van der Waals surface area contributed by atoms with Crippen molar-refractivity contribution in [2.24, 2.45) is 23.0 Å². The highest BCUT2D eigenvalue weighted by atomic mass is 19.4. The summed E-state index contributed by atoms with van der Waals surface area (Å²) >= 11 is 0. The van der Waals surface area contributed by atoms with E-state index in [1.165, 1.54) is 4.90 Å². The summed E-state index contributed by atoms with van der Waals surface area (Å²) in [5.74, 6) is -4.65. The fourth-order valence-corrected chi connectivity index (χ4v) is 5.26. The molecule has 0 bridgehead atoms. The second-order valence-corrected chi connectivity index (χ2v) is 13.6. The summed E-state index contributed by atoms with van der Waals surface area (Å²) in [6.45, 7) is 5.19. The van der Waals surface area contributed by atoms with Crippen molar-refractivity contribution in [3.8, 4) is 0 Å². The maximum Gasteiger partial charge on any atom is 0.391 e. The van der Waals surface area contributed by atoms with E-state index in [1.807, 2.05) is 18.2 Å². The minimum Gasteiger partial charge on any atom is -0.460 e. The molecule has 3 atom stereocenters. The van der Waals surface area contributed by atoms with Crippen LogP contribution in [0.2, 0.25) is 0 Å². The molecule has 0 radical (unpaired) electrons. The van der Waals surface area contributed by atoms with Gasteiger partial charge in [0, 0.05) is 6.54 Å². The summed E-state index contributed by atoms with van der Waals surface area (Å²) in [4.78, 5) is 81.7. The molecule has 0 spiro atoms. The first-order valence-corrected chi connectivity index (χ1v) is 16.4. The molecular formula is C33H46F3N5O8. The Balaban J connectivity index is 0.000000823. The number of ketones is 1. The van der Waals surface area contributed by atoms with E-state index >= 15 is 0 Å². The molecule has 2 unspecified atom stereocenters. The molecule has 4 rings (SSSR count). The van der Waals surface area contributed by atoms with E-state index in [4.69, 9.17) is 15.3 Å². The number of amides is 4. The number of nitrogens with one attached hydrogen (secondary N) is 3. The van der Waals surface area contributed by atoms with Crippen LogP contribution in [0.25, 0.3) is 0 Å². The monoisotopic (exact) mass is 697 g/mol. The van der Waals surface area contributed by atoms with Crippen molar-refractivity contribution in [3.05, 3.63) is 35.9 Å². The highest BCUT2D eigenvalue weighted by Crippen LogP contribution is 2.43. The van der Waals surface area contributed by atoms with Crippen molar-refractivity contribution >= 4 is 35.6 Å². The first-order chi connectivity index (χ1) is 23.0. The van der Waals surface area contributed by atoms with E-state index < -0.39 is 77.7 Å². The smallest absolute Gasteiger partial charge is 0.391 e. The van der Waals surface area contributed by atoms with Crippen LogP contribution in [0.4, 0.5) is 18.0 Å². The first-order valence-electron chi connectivity index (χ1n) is 16.4. The normalized spacial score (nSPS) is 18.9. The van der Waals surface area contributed by atoms with Crippen LogP contribution in [-0.4, -0.2) is 77.9 Å². The number of hydrogen-bond donors (Lipinski definition) is 4. The number of hydrogen-bond acceptors (Lipinski definition) is 9. The van der Waals surface area contributed by atoms with E-state index in [2.05, 4.69) is 16.1 Å². The number of rotatable bonds is 13. The summed E-state index contributed by atoms with van der Waals surface area (Å²) in [6.07, 6.45) is 0.813. The Labute approximate surface area is 283 Å². The number of halogens is 3. The van der Waals surface area contributed by atoms with Crippen molar-refractivity contribution in [3.63, 3.8) is 0 Å². The van der Waals surface area contributed by atoms with Crippen LogP contribution in [0.1, 0.15) is 77.7 Å². The second kappa shape index (κ2) is 17.4. The number of esters is 1. The third-order valence-corrected chi connectivity index (χ3v) is 8.53. The number of hydroxylamine groups is 1. The number of nitrogens with zero attached hydrogens (tertiary/aromatic N) is 1. The van der Waals surface area contributed by atoms with Crippen LogP contribution in [0.3, 0.4) is 0 Å². The molecule has 1 saturated heterocycles. The molecule has 4 amide bonds. The predicted molar refractivity (Wildman–Crippen MR) is 169 cm³/mol. The van der Waals surface area contributed by atoms with Crippen LogP contribution < -0.4 is 21.8 Å². The number of Topliss-reactive ketones (excluding diaryl/α,β-unsaturated/α-hetero) is 1. The average Bonchev–Trinajstić information content (AvgIpc) is 3.78. The third kappa shape index (κ3) is 12.6. The molecule has 16 heteroatoms. The zero-order valence-electron chi connectivity index (χ0n) is 28.0. The van der Waals surface area contributed by atoms with Gasteiger partial charge in [-0.3, -0.25) is 19.2 Å². The number of likely N-dealkylation sites (tertiary alicyclic amines) is 1. The molecule has 2 aliphatic carbocycles. The number of urea groups is 1. The number of primary amides is 1. The summed E-state index contributed by atoms with van der Waals surface area (Å²) in [6, 6.07) is 5.28. The molecule has 1 aromatic rings. The lowest BCUT2D eigenvalue weighted by atomic mass is 9.80. The van der Waals surface area contributed by atoms with E-state index in [-0.39, 0.29) is 19.1 Å². The Bertz CT molecular complexity index is 1330. The average molecular weight is 698 g/mol. The van der Waals surface area contributed by atoms with Gasteiger partial charge in [-0.15, -0.1) is 5.48 Å². The second-order valence-electron chi connectivity index (χ2n) is 13.6. The van der Waals surface area contributed by atoms with Crippen molar-refractivity contribution in [1.82, 2.24) is 21.0 Å². The third-order valence-electron chi connectivity index (χ3n) is 8.53. The fourth-order valence-electron chi connectivity index (χ4n) is 5.26. The Kier molecular flexibility index (Phi) is 14.0. The molecular weight excluding hydrogens is 651 g/mol. The van der Waals surface area contributed by atoms with Crippen LogP contribution >= 0.6 is 0 Å². The summed E-state index contributed by atoms with van der Waals surface area (Å²) in [7, 11) is 0. The molecule has 272 valence electrons. The lowest BCUT2D eigenvalue weighted by molar-refractivity contribution is -0.164. The van der Waals surface area contributed by atoms with Gasteiger partial charge >= 0.3 is 24.1 Å². The van der Waals surface area contributed by atoms with Gasteiger partial charge in [-0.05, 0) is 49.0 Å². The predicted octanol–water partition coefficient (Wildman–Crippen LogP) is 3.05. The number of benzene rings is 1. The van der Waals surface area contributed by atoms with Gasteiger partial charge in [0.1, 0.15) is 31.3 Å². The molecule has 1 heterocycles. The summed E-state index contributed by atoms with van der Waals surface area (Å²) in [5, 5.41) is 5.03. The number of carbonyl (C=O) groups is 6. The van der Waals surface area contributed by atoms with Crippen molar-refractivity contribution in [2.75, 3.05) is 13.1 Å². The molecule has 0 aromatic heterocycles. The van der Waals surface area contributed by atoms with Gasteiger partial charge in [0.25, 0.3) is 5.91 Å². The Morgan fingerprint density at radius 2 is 1.61 bits per heavy atom. The number of ether oxygens (including phenoxy) is 1. The van der Waals surface area contributed by atoms with Gasteiger partial charge in [0.2, 0.25) is 11.7 Å². The number of alkyl halides is 3. The van der Waals surface area contributed by atoms with Crippen molar-refractivity contribution < 1.29 is 51.5 Å². The van der Waals surface area contributed by atoms with Crippen LogP contribution in [-0.2, 0) is 40.2 Å². The van der Waals surface area contributed by atoms with Crippen LogP contribution in [0.5, 0.6) is 0 Å². The van der Waals surface area contributed by atoms with Gasteiger partial charge < -0.3 is 30.8 Å². The van der Waals surface area contributed by atoms with Gasteiger partial charge in [0.05, 0.1) is 5.92 Å². The van der Waals surface area contributed by atoms with Crippen molar-refractivity contribution in [2.45, 2.75) is 103 Å². The van der Waals surface area contributed by atoms with E-state index in [0.717, 1.165) is 24.8 Å². The minimum atomic E-state index is -3.89. The highest BCUT2D eigenvalue weighted by Gasteiger charge is 2.47. The summed E-state index contributed by atoms with van der Waals surface area (Å²) in [5.41, 5.74) is 7.63. The topological polar surface area (TPSA) is 186 Å². The molecule has 49 heavy (non-hydrogen) atoms. The highest BCUT2D eigenvalue weighted by molar-refractivity contribution is 6.37. The van der Waals surface area contributed by atoms with Crippen LogP contribution in [0, 0.1) is 17.3 Å². The Morgan fingerprint density at radius 1 is 0.959 bits per heavy atom. The molecule has 13 nitrogen and oxygen atoms in total. The molecule has 2 saturated carbocycles. The lowest BCUT2D eigenvalue weighted by Crippen LogP contribution is -2.59. The van der Waals surface area contributed by atoms with Crippen LogP contribution in [0.15, 0.2) is 30.3 Å². The molecule has 3 aliphatic rings. The Hall–Kier alpha value is -4.21. The zero-order chi connectivity index (χ0) is 36.4. The zero-order valence-corrected chi connectivity index (χ0v) is 28.0. The molecule has 3 fully saturated rings. The first kappa shape index (κ1) is 39.2. The molecule has 5 N–H and O–H groups in total. The van der Waals surface area contributed by atoms with Gasteiger partial charge in [-0.2, -0.15) is 13.2 Å². The fraction of sp³-hybridized carbons (Fsp3) is 0.636. The molecule has 1 aliphatic heterocycles. The standard InChI is InChI=1S/C29H41N5O8.C4H5F3/c1-29(2,3)24(32-28(40)31-16-22(35)41-17-19-9-5-4-6-10-19)26(38)34-14-8-13-21(34)27(39)42-33-20(23(36)25(30)37)15-18-11-7-12-18;5-4(6,7)3-1-2-3/h4-6,9-10,18,20-21,24,33H,7-8,11-17H2,1-3H3,(H2,30,37)(H2,31,32,40);3H,1-2H2/t20?,21-,24?;/m0./s1. The van der Waals surface area contributed by atoms with Gasteiger partial charge in [-0.1, -0.05) is 70.4 Å². The Morgan fingerprint density at radius 3 is 2.12 bits per heavy atom. The van der Waals surface area contributed by atoms with Crippen molar-refractivity contribution in [1.29, 1.82) is 0 Å². The quantitative estimate of drug-likeness (QED) is 0.137. The van der Waals surface area contributed by atoms with E-state index in [9.17, 15) is 41.9 Å². The largest absolute Gasteiger partial charge is 0.460 e. The minimum absolute atomic E-state index is 0.0609. The summed E-state index contributed by atoms with van der Waals surface area (Å²) < 4.78 is 38.9. The number of carbonyl (C=O) groups excluding carboxylic acids is 6. The number of nitrogens with two attached hydrogens (primary N) is 1. The van der Waals surface area contributed by atoms with Gasteiger partial charge in [0.15, 0.2) is 0 Å². The van der Waals surface area contributed by atoms with E-state index in [1.54, 1.807) is 32.9 Å². The van der Waals surface area contributed by atoms with E-state index in [0.29, 0.717) is 32.1 Å². The SMILES string of the molecule is CC(C)(C)C(NC(=O)NCC(=O)OCc1ccccc1)C(=O)N1CCC[C@H]1C(=O)ONC(CC1CCC1)C(=O)C(N)=O.FC(F)(F)C1CC1. The molecule has 1 aromatic carbocycles. The lowest BCUT2D eigenvalue weighted by Gasteiger charge is -2.35. The maximum atomic E-state index is 13.6. The van der Waals surface area contributed by atoms with Gasteiger partial charge in [-0.25, -0.2) is 9.59 Å².